The lowest BCUT2D eigenvalue weighted by Crippen LogP contribution is -2.10. The van der Waals surface area contributed by atoms with Crippen LogP contribution in [0.5, 0.6) is 0 Å². The molecule has 0 aliphatic heterocycles. The van der Waals surface area contributed by atoms with Crippen molar-refractivity contribution in [1.29, 1.82) is 0 Å². The summed E-state index contributed by atoms with van der Waals surface area (Å²) in [6.45, 7) is 0. The molecule has 0 aliphatic carbocycles. The van der Waals surface area contributed by atoms with Gasteiger partial charge in [-0.3, -0.25) is 9.13 Å². The van der Waals surface area contributed by atoms with Crippen molar-refractivity contribution in [3.05, 3.63) is 0 Å². The van der Waals surface area contributed by atoms with Crippen LogP contribution in [0.15, 0.2) is 0 Å². The summed E-state index contributed by atoms with van der Waals surface area (Å²) in [5.41, 5.74) is -2.47. The van der Waals surface area contributed by atoms with Crippen LogP contribution in [-0.4, -0.2) is 37.4 Å². The first-order valence-corrected chi connectivity index (χ1v) is 8.45. The second-order valence-electron chi connectivity index (χ2n) is 3.16. The van der Waals surface area contributed by atoms with Gasteiger partial charge in [-0.25, -0.2) is 0 Å². The summed E-state index contributed by atoms with van der Waals surface area (Å²) in [7, 11) is -9.11. The standard InChI is InChI=1S/C6H15ClO6P2/c7-4-2-1-3-5-14(9,10)6(8)15(11,12)13/h6,8H,1-5H2,(H,9,10)(H2,11,12,13). The average molecular weight is 281 g/mol. The van der Waals surface area contributed by atoms with Crippen LogP contribution in [0.1, 0.15) is 19.3 Å². The number of aliphatic hydroxyl groups excluding tert-OH is 1. The van der Waals surface area contributed by atoms with Gasteiger partial charge in [0.05, 0.1) is 0 Å². The van der Waals surface area contributed by atoms with E-state index >= 15 is 0 Å². The molecule has 0 aliphatic rings. The van der Waals surface area contributed by atoms with Crippen LogP contribution in [0, 0.1) is 0 Å². The molecule has 0 aromatic carbocycles. The van der Waals surface area contributed by atoms with Crippen LogP contribution in [0.3, 0.4) is 0 Å². The van der Waals surface area contributed by atoms with Crippen molar-refractivity contribution in [1.82, 2.24) is 0 Å². The quantitative estimate of drug-likeness (QED) is 0.315. The Kier molecular flexibility index (Phi) is 6.61. The number of aliphatic hydroxyl groups is 1. The molecule has 0 saturated carbocycles. The largest absolute Gasteiger partial charge is 0.372 e. The highest BCUT2D eigenvalue weighted by molar-refractivity contribution is 7.73. The van der Waals surface area contributed by atoms with Gasteiger partial charge in [-0.2, -0.15) is 0 Å². The lowest BCUT2D eigenvalue weighted by atomic mass is 10.3. The normalized spacial score (nSPS) is 18.5. The minimum absolute atomic E-state index is 0.303. The average Bonchev–Trinajstić information content (AvgIpc) is 2.10. The molecule has 0 aromatic rings. The maximum absolute atomic E-state index is 11.3. The van der Waals surface area contributed by atoms with E-state index in [1.54, 1.807) is 0 Å². The van der Waals surface area contributed by atoms with Crippen molar-refractivity contribution in [3.8, 4) is 0 Å². The maximum Gasteiger partial charge on any atom is 0.363 e. The number of rotatable bonds is 7. The zero-order chi connectivity index (χ0) is 12.1. The van der Waals surface area contributed by atoms with Gasteiger partial charge in [-0.1, -0.05) is 6.42 Å². The molecule has 0 saturated heterocycles. The van der Waals surface area contributed by atoms with Gasteiger partial charge >= 0.3 is 7.60 Å². The van der Waals surface area contributed by atoms with E-state index in [-0.39, 0.29) is 6.16 Å². The molecule has 92 valence electrons. The van der Waals surface area contributed by atoms with Crippen LogP contribution in [0.4, 0.5) is 0 Å². The van der Waals surface area contributed by atoms with Crippen LogP contribution in [0.25, 0.3) is 0 Å². The van der Waals surface area contributed by atoms with E-state index in [0.29, 0.717) is 25.1 Å². The van der Waals surface area contributed by atoms with Gasteiger partial charge in [-0.15, -0.1) is 11.6 Å². The summed E-state index contributed by atoms with van der Waals surface area (Å²) in [5, 5.41) is 8.97. The highest BCUT2D eigenvalue weighted by atomic mass is 35.5. The number of alkyl halides is 1. The summed E-state index contributed by atoms with van der Waals surface area (Å²) in [6, 6.07) is 0. The Morgan fingerprint density at radius 3 is 2.00 bits per heavy atom. The number of halogens is 1. The van der Waals surface area contributed by atoms with Gasteiger partial charge in [0, 0.05) is 12.0 Å². The molecule has 0 fully saturated rings. The van der Waals surface area contributed by atoms with E-state index in [4.69, 9.17) is 26.5 Å². The summed E-state index contributed by atoms with van der Waals surface area (Å²) < 4.78 is 21.9. The highest BCUT2D eigenvalue weighted by Crippen LogP contribution is 2.60. The molecule has 4 N–H and O–H groups in total. The SMILES string of the molecule is O=P(O)(O)C(O)P(=O)(O)CCCCCCl. The van der Waals surface area contributed by atoms with Gasteiger partial charge in [-0.05, 0) is 12.8 Å². The van der Waals surface area contributed by atoms with Gasteiger partial charge in [0.25, 0.3) is 0 Å². The Labute approximate surface area is 92.9 Å². The van der Waals surface area contributed by atoms with E-state index in [1.165, 1.54) is 0 Å². The van der Waals surface area contributed by atoms with Crippen molar-refractivity contribution in [2.24, 2.45) is 0 Å². The zero-order valence-corrected chi connectivity index (χ0v) is 10.5. The van der Waals surface area contributed by atoms with Crippen molar-refractivity contribution in [2.45, 2.75) is 24.8 Å². The molecule has 9 heteroatoms. The molecule has 0 radical (unpaired) electrons. The Morgan fingerprint density at radius 2 is 1.60 bits per heavy atom. The highest BCUT2D eigenvalue weighted by Gasteiger charge is 2.41. The minimum atomic E-state index is -4.92. The monoisotopic (exact) mass is 280 g/mol. The van der Waals surface area contributed by atoms with Crippen LogP contribution in [0.2, 0.25) is 0 Å². The number of hydrogen-bond acceptors (Lipinski definition) is 3. The first-order chi connectivity index (χ1) is 6.72. The van der Waals surface area contributed by atoms with E-state index in [2.05, 4.69) is 0 Å². The lowest BCUT2D eigenvalue weighted by Gasteiger charge is -2.18. The van der Waals surface area contributed by atoms with Gasteiger partial charge < -0.3 is 19.8 Å². The molecule has 15 heavy (non-hydrogen) atoms. The van der Waals surface area contributed by atoms with Gasteiger partial charge in [0.1, 0.15) is 0 Å². The topological polar surface area (TPSA) is 115 Å². The van der Waals surface area contributed by atoms with E-state index in [1.807, 2.05) is 0 Å². The van der Waals surface area contributed by atoms with Crippen molar-refractivity contribution >= 4 is 26.6 Å². The fraction of sp³-hybridized carbons (Fsp3) is 1.00. The number of hydrogen-bond donors (Lipinski definition) is 4. The minimum Gasteiger partial charge on any atom is -0.372 e. The molecule has 0 amide bonds. The van der Waals surface area contributed by atoms with Crippen molar-refractivity contribution in [2.75, 3.05) is 12.0 Å². The van der Waals surface area contributed by atoms with E-state index in [9.17, 15) is 14.0 Å². The third kappa shape index (κ3) is 6.03. The van der Waals surface area contributed by atoms with E-state index in [0.717, 1.165) is 0 Å². The molecular formula is C6H15ClO6P2. The van der Waals surface area contributed by atoms with Crippen molar-refractivity contribution in [3.63, 3.8) is 0 Å². The molecule has 0 rings (SSSR count). The summed E-state index contributed by atoms with van der Waals surface area (Å²) >= 11 is 5.38. The summed E-state index contributed by atoms with van der Waals surface area (Å²) in [6.07, 6.45) is 1.24. The van der Waals surface area contributed by atoms with Gasteiger partial charge in [0.2, 0.25) is 13.0 Å². The summed E-state index contributed by atoms with van der Waals surface area (Å²) in [4.78, 5) is 26.3. The molecule has 0 bridgehead atoms. The Morgan fingerprint density at radius 1 is 1.07 bits per heavy atom. The number of unbranched alkanes of at least 4 members (excludes halogenated alkanes) is 2. The predicted molar refractivity (Wildman–Crippen MR) is 57.3 cm³/mol. The fourth-order valence-electron chi connectivity index (χ4n) is 0.960. The molecule has 2 atom stereocenters. The molecular weight excluding hydrogens is 265 g/mol. The predicted octanol–water partition coefficient (Wildman–Crippen LogP) is 1.12. The van der Waals surface area contributed by atoms with Crippen LogP contribution < -0.4 is 0 Å². The fourth-order valence-corrected chi connectivity index (χ4v) is 4.28. The summed E-state index contributed by atoms with van der Waals surface area (Å²) in [5.74, 6) is 0.427. The Bertz CT molecular complexity index is 277. The Hall–Kier alpha value is 0.590. The molecule has 0 aromatic heterocycles. The molecule has 0 heterocycles. The lowest BCUT2D eigenvalue weighted by molar-refractivity contribution is 0.242. The van der Waals surface area contributed by atoms with Gasteiger partial charge in [0.15, 0.2) is 0 Å². The molecule has 2 unspecified atom stereocenters. The first-order valence-electron chi connectivity index (χ1n) is 4.32. The van der Waals surface area contributed by atoms with Crippen molar-refractivity contribution < 1.29 is 28.9 Å². The molecule has 6 nitrogen and oxygen atoms in total. The molecule has 0 spiro atoms. The van der Waals surface area contributed by atoms with Crippen LogP contribution in [-0.2, 0) is 9.13 Å². The Balaban J connectivity index is 4.18. The van der Waals surface area contributed by atoms with Crippen LogP contribution >= 0.6 is 26.6 Å². The second kappa shape index (κ2) is 6.36. The smallest absolute Gasteiger partial charge is 0.363 e. The zero-order valence-electron chi connectivity index (χ0n) is 7.99. The second-order valence-corrected chi connectivity index (χ2v) is 8.06. The third-order valence-electron chi connectivity index (χ3n) is 1.77. The van der Waals surface area contributed by atoms with E-state index < -0.39 is 20.6 Å². The maximum atomic E-state index is 11.3. The first kappa shape index (κ1) is 15.6. The third-order valence-corrected chi connectivity index (χ3v) is 6.31.